The van der Waals surface area contributed by atoms with Gasteiger partial charge in [0.2, 0.25) is 0 Å². The van der Waals surface area contributed by atoms with Gasteiger partial charge in [-0.1, -0.05) is 11.6 Å². The number of benzene rings is 1. The molecule has 4 heterocycles. The molecule has 0 spiro atoms. The highest BCUT2D eigenvalue weighted by molar-refractivity contribution is 6.31. The van der Waals surface area contributed by atoms with Gasteiger partial charge in [0.25, 0.3) is 0 Å². The number of hydrogen-bond donors (Lipinski definition) is 2. The summed E-state index contributed by atoms with van der Waals surface area (Å²) in [5.41, 5.74) is 7.30. The van der Waals surface area contributed by atoms with Crippen LogP contribution in [0.25, 0.3) is 11.3 Å². The molecule has 9 nitrogen and oxygen atoms in total. The van der Waals surface area contributed by atoms with Crippen LogP contribution in [0.4, 0.5) is 16.0 Å². The molecule has 35 heavy (non-hydrogen) atoms. The smallest absolute Gasteiger partial charge is 0.343 e. The highest BCUT2D eigenvalue weighted by atomic mass is 35.5. The third kappa shape index (κ3) is 4.81. The van der Waals surface area contributed by atoms with Gasteiger partial charge in [-0.2, -0.15) is 0 Å². The molecule has 0 unspecified atom stereocenters. The fraction of sp³-hybridized carbons (Fsp3) is 0.417. The van der Waals surface area contributed by atoms with E-state index in [1.165, 1.54) is 18.8 Å². The molecular formula is C24H27ClFN7O2. The molecule has 184 valence electrons. The number of imidazole rings is 1. The summed E-state index contributed by atoms with van der Waals surface area (Å²) in [6, 6.07) is 4.67. The lowest BCUT2D eigenvalue weighted by molar-refractivity contribution is 0.0698. The first-order valence-corrected chi connectivity index (χ1v) is 12.1. The van der Waals surface area contributed by atoms with Gasteiger partial charge in [0, 0.05) is 43.9 Å². The van der Waals surface area contributed by atoms with E-state index in [1.807, 2.05) is 11.1 Å². The van der Waals surface area contributed by atoms with Crippen molar-refractivity contribution in [2.75, 3.05) is 43.4 Å². The molecule has 1 aromatic carbocycles. The molecule has 11 heteroatoms. The van der Waals surface area contributed by atoms with Gasteiger partial charge >= 0.3 is 5.97 Å². The average Bonchev–Trinajstić information content (AvgIpc) is 3.24. The molecule has 2 fully saturated rings. The molecule has 0 saturated carbocycles. The first-order chi connectivity index (χ1) is 16.9. The first-order valence-electron chi connectivity index (χ1n) is 11.7. The monoisotopic (exact) mass is 499 g/mol. The van der Waals surface area contributed by atoms with Gasteiger partial charge in [-0.3, -0.25) is 0 Å². The Labute approximate surface area is 207 Å². The van der Waals surface area contributed by atoms with E-state index < -0.39 is 11.8 Å². The lowest BCUT2D eigenvalue weighted by Gasteiger charge is -2.34. The SMILES string of the molecule is Nc1ncnc(N2CCC(c3nc(-c4ccc(F)c(Cl)c4)cn3CCN3CCC3)CC2)c1C(=O)O. The number of carboxylic acids is 1. The lowest BCUT2D eigenvalue weighted by Crippen LogP contribution is -2.39. The van der Waals surface area contributed by atoms with Crippen LogP contribution in [-0.4, -0.2) is 68.2 Å². The lowest BCUT2D eigenvalue weighted by atomic mass is 9.95. The predicted molar refractivity (Wildman–Crippen MR) is 131 cm³/mol. The largest absolute Gasteiger partial charge is 0.477 e. The maximum absolute atomic E-state index is 13.7. The Morgan fingerprint density at radius 1 is 1.17 bits per heavy atom. The Hall–Kier alpha value is -3.24. The van der Waals surface area contributed by atoms with Crippen LogP contribution in [0.2, 0.25) is 5.02 Å². The van der Waals surface area contributed by atoms with Gasteiger partial charge in [-0.15, -0.1) is 0 Å². The second kappa shape index (κ2) is 9.79. The maximum atomic E-state index is 13.7. The summed E-state index contributed by atoms with van der Waals surface area (Å²) < 4.78 is 15.9. The highest BCUT2D eigenvalue weighted by Crippen LogP contribution is 2.34. The van der Waals surface area contributed by atoms with Crippen LogP contribution >= 0.6 is 11.6 Å². The average molecular weight is 500 g/mol. The second-order valence-corrected chi connectivity index (χ2v) is 9.43. The van der Waals surface area contributed by atoms with E-state index in [4.69, 9.17) is 22.3 Å². The molecule has 0 atom stereocenters. The quantitative estimate of drug-likeness (QED) is 0.507. The number of hydrogen-bond acceptors (Lipinski definition) is 7. The van der Waals surface area contributed by atoms with E-state index in [2.05, 4.69) is 19.4 Å². The van der Waals surface area contributed by atoms with Crippen molar-refractivity contribution in [3.05, 3.63) is 53.0 Å². The van der Waals surface area contributed by atoms with Gasteiger partial charge in [0.15, 0.2) is 0 Å². The van der Waals surface area contributed by atoms with Crippen LogP contribution in [0.5, 0.6) is 0 Å². The van der Waals surface area contributed by atoms with Gasteiger partial charge in [-0.05, 0) is 50.6 Å². The molecule has 5 rings (SSSR count). The fourth-order valence-electron chi connectivity index (χ4n) is 4.77. The van der Waals surface area contributed by atoms with Crippen molar-refractivity contribution >= 4 is 29.2 Å². The maximum Gasteiger partial charge on any atom is 0.343 e. The number of piperidine rings is 1. The van der Waals surface area contributed by atoms with Gasteiger partial charge < -0.3 is 25.2 Å². The molecule has 2 aliphatic rings. The Balaban J connectivity index is 1.38. The summed E-state index contributed by atoms with van der Waals surface area (Å²) in [4.78, 5) is 29.1. The van der Waals surface area contributed by atoms with Crippen molar-refractivity contribution in [2.45, 2.75) is 31.7 Å². The number of rotatable bonds is 7. The summed E-state index contributed by atoms with van der Waals surface area (Å²) in [7, 11) is 0. The van der Waals surface area contributed by atoms with Crippen LogP contribution in [0, 0.1) is 5.82 Å². The fourth-order valence-corrected chi connectivity index (χ4v) is 4.95. The van der Waals surface area contributed by atoms with Crippen LogP contribution in [-0.2, 0) is 6.54 Å². The Morgan fingerprint density at radius 2 is 1.94 bits per heavy atom. The Morgan fingerprint density at radius 3 is 2.60 bits per heavy atom. The molecule has 2 aliphatic heterocycles. The van der Waals surface area contributed by atoms with Crippen LogP contribution in [0.1, 0.15) is 41.4 Å². The zero-order chi connectivity index (χ0) is 24.5. The normalized spacial score (nSPS) is 16.9. The van der Waals surface area contributed by atoms with E-state index in [0.717, 1.165) is 56.1 Å². The zero-order valence-electron chi connectivity index (χ0n) is 19.2. The van der Waals surface area contributed by atoms with Gasteiger partial charge in [-0.25, -0.2) is 24.1 Å². The molecule has 0 bridgehead atoms. The van der Waals surface area contributed by atoms with Crippen molar-refractivity contribution in [2.24, 2.45) is 0 Å². The van der Waals surface area contributed by atoms with E-state index in [1.54, 1.807) is 12.1 Å². The van der Waals surface area contributed by atoms with Crippen molar-refractivity contribution < 1.29 is 14.3 Å². The first kappa shape index (κ1) is 23.5. The van der Waals surface area contributed by atoms with Crippen LogP contribution < -0.4 is 10.6 Å². The van der Waals surface area contributed by atoms with Crippen molar-refractivity contribution in [1.82, 2.24) is 24.4 Å². The van der Waals surface area contributed by atoms with Crippen molar-refractivity contribution in [3.63, 3.8) is 0 Å². The topological polar surface area (TPSA) is 113 Å². The van der Waals surface area contributed by atoms with E-state index in [-0.39, 0.29) is 22.3 Å². The predicted octanol–water partition coefficient (Wildman–Crippen LogP) is 3.50. The Kier molecular flexibility index (Phi) is 6.57. The van der Waals surface area contributed by atoms with E-state index >= 15 is 0 Å². The molecule has 0 radical (unpaired) electrons. The number of aromatic carboxylic acids is 1. The van der Waals surface area contributed by atoms with Gasteiger partial charge in [0.05, 0.1) is 10.7 Å². The molecule has 2 aromatic heterocycles. The molecule has 0 aliphatic carbocycles. The minimum atomic E-state index is -1.13. The number of carboxylic acid groups (broad SMARTS) is 1. The molecule has 3 N–H and O–H groups in total. The van der Waals surface area contributed by atoms with Crippen molar-refractivity contribution in [1.29, 1.82) is 0 Å². The van der Waals surface area contributed by atoms with Crippen molar-refractivity contribution in [3.8, 4) is 11.3 Å². The number of carbonyl (C=O) groups is 1. The number of aromatic nitrogens is 4. The number of nitrogens with two attached hydrogens (primary N) is 1. The second-order valence-electron chi connectivity index (χ2n) is 9.03. The summed E-state index contributed by atoms with van der Waals surface area (Å²) >= 11 is 6.03. The Bertz CT molecular complexity index is 1240. The number of nitrogen functional groups attached to an aromatic ring is 1. The van der Waals surface area contributed by atoms with E-state index in [0.29, 0.717) is 18.9 Å². The number of nitrogens with zero attached hydrogens (tertiary/aromatic N) is 6. The zero-order valence-corrected chi connectivity index (χ0v) is 20.0. The highest BCUT2D eigenvalue weighted by Gasteiger charge is 2.29. The molecule has 0 amide bonds. The molecule has 3 aromatic rings. The summed E-state index contributed by atoms with van der Waals surface area (Å²) in [5, 5.41) is 9.66. The number of halogens is 2. The van der Waals surface area contributed by atoms with Crippen LogP contribution in [0.15, 0.2) is 30.7 Å². The number of likely N-dealkylation sites (tertiary alicyclic amines) is 1. The van der Waals surface area contributed by atoms with Gasteiger partial charge in [0.1, 0.15) is 35.2 Å². The molecular weight excluding hydrogens is 473 g/mol. The van der Waals surface area contributed by atoms with Crippen LogP contribution in [0.3, 0.4) is 0 Å². The third-order valence-corrected chi connectivity index (χ3v) is 7.15. The third-order valence-electron chi connectivity index (χ3n) is 6.86. The van der Waals surface area contributed by atoms with E-state index in [9.17, 15) is 14.3 Å². The summed E-state index contributed by atoms with van der Waals surface area (Å²) in [6.07, 6.45) is 6.13. The minimum absolute atomic E-state index is 0.0336. The number of anilines is 2. The molecule has 2 saturated heterocycles. The summed E-state index contributed by atoms with van der Waals surface area (Å²) in [5.74, 6) is -0.0864. The standard InChI is InChI=1S/C24H27ClFN7O2/c25-17-12-16(2-3-18(17)26)19-13-33(11-10-31-6-1-7-31)22(30-19)15-4-8-32(9-5-15)23-20(24(34)35)21(27)28-14-29-23/h2-3,12-15H,1,4-11H2,(H,34,35)(H2,27,28,29). The minimum Gasteiger partial charge on any atom is -0.477 e. The summed E-state index contributed by atoms with van der Waals surface area (Å²) in [6.45, 7) is 5.26.